The van der Waals surface area contributed by atoms with Gasteiger partial charge < -0.3 is 14.7 Å². The lowest BCUT2D eigenvalue weighted by atomic mass is 9.92. The van der Waals surface area contributed by atoms with Gasteiger partial charge in [-0.15, -0.1) is 0 Å². The smallest absolute Gasteiger partial charge is 0.248 e. The summed E-state index contributed by atoms with van der Waals surface area (Å²) < 4.78 is 32.1. The van der Waals surface area contributed by atoms with Crippen LogP contribution in [0.15, 0.2) is 9.42 Å². The van der Waals surface area contributed by atoms with Gasteiger partial charge in [0.15, 0.2) is 5.76 Å². The highest BCUT2D eigenvalue weighted by Crippen LogP contribution is 2.25. The Bertz CT molecular complexity index is 718. The topological polar surface area (TPSA) is 95.8 Å². The Balaban J connectivity index is 1.65. The third-order valence-electron chi connectivity index (χ3n) is 5.09. The van der Waals surface area contributed by atoms with Crippen molar-refractivity contribution in [3.05, 3.63) is 11.5 Å². The highest BCUT2D eigenvalue weighted by atomic mass is 32.2. The van der Waals surface area contributed by atoms with Gasteiger partial charge in [0.05, 0.1) is 0 Å². The molecule has 1 amide bonds. The van der Waals surface area contributed by atoms with Gasteiger partial charge in [-0.05, 0) is 40.2 Å². The molecular formula is C16H26N4O4S. The minimum absolute atomic E-state index is 0.0435. The van der Waals surface area contributed by atoms with Crippen molar-refractivity contribution in [3.63, 3.8) is 0 Å². The zero-order valence-electron chi connectivity index (χ0n) is 15.0. The van der Waals surface area contributed by atoms with Crippen LogP contribution in [0.5, 0.6) is 0 Å². The predicted octanol–water partition coefficient (Wildman–Crippen LogP) is 0.512. The van der Waals surface area contributed by atoms with E-state index in [1.807, 2.05) is 4.90 Å². The number of hydrogen-bond acceptors (Lipinski definition) is 6. The van der Waals surface area contributed by atoms with Crippen LogP contribution in [0.4, 0.5) is 0 Å². The van der Waals surface area contributed by atoms with Crippen LogP contribution < -0.4 is 5.32 Å². The summed E-state index contributed by atoms with van der Waals surface area (Å²) in [5.74, 6) is 0.504. The molecule has 0 spiro atoms. The second-order valence-corrected chi connectivity index (χ2v) is 8.83. The number of nitrogens with zero attached hydrogens (tertiary/aromatic N) is 3. The van der Waals surface area contributed by atoms with Crippen molar-refractivity contribution in [2.45, 2.75) is 44.6 Å². The molecule has 1 aromatic rings. The second kappa shape index (κ2) is 7.05. The fourth-order valence-electron chi connectivity index (χ4n) is 3.74. The van der Waals surface area contributed by atoms with Crippen LogP contribution in [-0.4, -0.2) is 67.5 Å². The van der Waals surface area contributed by atoms with Crippen molar-refractivity contribution in [1.82, 2.24) is 19.7 Å². The van der Waals surface area contributed by atoms with Gasteiger partial charge in [0.1, 0.15) is 10.6 Å². The molecule has 0 radical (unpaired) electrons. The van der Waals surface area contributed by atoms with Crippen LogP contribution in [0.3, 0.4) is 0 Å². The minimum atomic E-state index is -3.63. The van der Waals surface area contributed by atoms with Gasteiger partial charge >= 0.3 is 0 Å². The number of aromatic nitrogens is 1. The molecule has 1 N–H and O–H groups in total. The van der Waals surface area contributed by atoms with E-state index >= 15 is 0 Å². The van der Waals surface area contributed by atoms with Gasteiger partial charge in [-0.3, -0.25) is 4.79 Å². The van der Waals surface area contributed by atoms with Gasteiger partial charge in [0, 0.05) is 38.1 Å². The number of aryl methyl sites for hydroxylation is 2. The first-order chi connectivity index (χ1) is 11.8. The molecule has 9 heteroatoms. The molecule has 3 rings (SSSR count). The molecular weight excluding hydrogens is 344 g/mol. The number of piperidine rings is 1. The van der Waals surface area contributed by atoms with E-state index in [0.717, 1.165) is 19.4 Å². The zero-order chi connectivity index (χ0) is 18.2. The van der Waals surface area contributed by atoms with Crippen molar-refractivity contribution in [2.75, 3.05) is 32.7 Å². The highest BCUT2D eigenvalue weighted by Gasteiger charge is 2.36. The first-order valence-corrected chi connectivity index (χ1v) is 10.2. The largest absolute Gasteiger partial charge is 0.360 e. The van der Waals surface area contributed by atoms with E-state index in [1.165, 1.54) is 4.31 Å². The summed E-state index contributed by atoms with van der Waals surface area (Å²) in [5, 5.41) is 7.09. The molecule has 0 unspecified atom stereocenters. The monoisotopic (exact) mass is 370 g/mol. The Labute approximate surface area is 148 Å². The molecule has 2 aliphatic heterocycles. The van der Waals surface area contributed by atoms with E-state index < -0.39 is 10.0 Å². The van der Waals surface area contributed by atoms with Crippen molar-refractivity contribution in [1.29, 1.82) is 0 Å². The maximum atomic E-state index is 12.8. The predicted molar refractivity (Wildman–Crippen MR) is 91.5 cm³/mol. The van der Waals surface area contributed by atoms with Crippen molar-refractivity contribution in [3.8, 4) is 0 Å². The Kier molecular flexibility index (Phi) is 5.17. The maximum absolute atomic E-state index is 12.8. The van der Waals surface area contributed by atoms with Crippen LogP contribution in [0.1, 0.15) is 31.2 Å². The average molecular weight is 370 g/mol. The van der Waals surface area contributed by atoms with Crippen molar-refractivity contribution in [2.24, 2.45) is 5.92 Å². The molecule has 1 aromatic heterocycles. The number of amides is 1. The number of sulfonamides is 1. The lowest BCUT2D eigenvalue weighted by Gasteiger charge is -2.37. The van der Waals surface area contributed by atoms with Gasteiger partial charge in [0.25, 0.3) is 0 Å². The summed E-state index contributed by atoms with van der Waals surface area (Å²) in [6.45, 7) is 7.65. The van der Waals surface area contributed by atoms with Crippen molar-refractivity contribution < 1.29 is 17.7 Å². The SMILES string of the molecule is Cc1noc(C)c1S(=O)(=O)N1CCN(C(=O)[C@H]2CCN[C@@H](C)C2)CC1. The summed E-state index contributed by atoms with van der Waals surface area (Å²) >= 11 is 0. The van der Waals surface area contributed by atoms with Crippen LogP contribution in [0.25, 0.3) is 0 Å². The number of carbonyl (C=O) groups is 1. The normalized spacial score (nSPS) is 26.0. The number of hydrogen-bond donors (Lipinski definition) is 1. The van der Waals surface area contributed by atoms with E-state index in [2.05, 4.69) is 17.4 Å². The second-order valence-electron chi connectivity index (χ2n) is 6.96. The Morgan fingerprint density at radius 2 is 1.92 bits per heavy atom. The van der Waals surface area contributed by atoms with Gasteiger partial charge in [-0.2, -0.15) is 4.31 Å². The molecule has 2 atom stereocenters. The van der Waals surface area contributed by atoms with E-state index in [-0.39, 0.29) is 16.7 Å². The minimum Gasteiger partial charge on any atom is -0.360 e. The Morgan fingerprint density at radius 3 is 2.48 bits per heavy atom. The quantitative estimate of drug-likeness (QED) is 0.833. The zero-order valence-corrected chi connectivity index (χ0v) is 15.8. The van der Waals surface area contributed by atoms with Crippen molar-refractivity contribution >= 4 is 15.9 Å². The fourth-order valence-corrected chi connectivity index (χ4v) is 5.45. The van der Waals surface area contributed by atoms with Crippen LogP contribution in [0.2, 0.25) is 0 Å². The third-order valence-corrected chi connectivity index (χ3v) is 7.23. The third kappa shape index (κ3) is 3.58. The molecule has 140 valence electrons. The van der Waals surface area contributed by atoms with Crippen LogP contribution >= 0.6 is 0 Å². The molecule has 3 heterocycles. The number of nitrogens with one attached hydrogen (secondary N) is 1. The first-order valence-electron chi connectivity index (χ1n) is 8.76. The molecule has 25 heavy (non-hydrogen) atoms. The molecule has 2 aliphatic rings. The van der Waals surface area contributed by atoms with Gasteiger partial charge in [-0.25, -0.2) is 8.42 Å². The summed E-state index contributed by atoms with van der Waals surface area (Å²) in [4.78, 5) is 14.7. The summed E-state index contributed by atoms with van der Waals surface area (Å²) in [7, 11) is -3.63. The van der Waals surface area contributed by atoms with E-state index in [0.29, 0.717) is 43.7 Å². The van der Waals surface area contributed by atoms with Crippen LogP contribution in [0, 0.1) is 19.8 Å². The lowest BCUT2D eigenvalue weighted by Crippen LogP contribution is -2.53. The number of rotatable bonds is 3. The summed E-state index contributed by atoms with van der Waals surface area (Å²) in [6, 6.07) is 0.351. The molecule has 2 fully saturated rings. The maximum Gasteiger partial charge on any atom is 0.248 e. The van der Waals surface area contributed by atoms with E-state index in [9.17, 15) is 13.2 Å². The van der Waals surface area contributed by atoms with E-state index in [4.69, 9.17) is 4.52 Å². The van der Waals surface area contributed by atoms with Gasteiger partial charge in [0.2, 0.25) is 15.9 Å². The Hall–Kier alpha value is -1.45. The van der Waals surface area contributed by atoms with Gasteiger partial charge in [-0.1, -0.05) is 5.16 Å². The molecule has 0 aromatic carbocycles. The summed E-state index contributed by atoms with van der Waals surface area (Å²) in [6.07, 6.45) is 1.69. The lowest BCUT2D eigenvalue weighted by molar-refractivity contribution is -0.137. The fraction of sp³-hybridized carbons (Fsp3) is 0.750. The molecule has 2 saturated heterocycles. The standard InChI is InChI=1S/C16H26N4O4S/c1-11-10-14(4-5-17-11)16(21)19-6-8-20(9-7-19)25(22,23)15-12(2)18-24-13(15)3/h11,14,17H,4-10H2,1-3H3/t11-,14-/m0/s1. The average Bonchev–Trinajstić information content (AvgIpc) is 2.93. The molecule has 0 bridgehead atoms. The number of piperazine rings is 1. The van der Waals surface area contributed by atoms with Crippen LogP contribution in [-0.2, 0) is 14.8 Å². The van der Waals surface area contributed by atoms with E-state index in [1.54, 1.807) is 13.8 Å². The molecule has 0 aliphatic carbocycles. The number of carbonyl (C=O) groups excluding carboxylic acids is 1. The molecule has 8 nitrogen and oxygen atoms in total. The Morgan fingerprint density at radius 1 is 1.24 bits per heavy atom. The summed E-state index contributed by atoms with van der Waals surface area (Å²) in [5.41, 5.74) is 0.375. The first kappa shape index (κ1) is 18.3. The highest BCUT2D eigenvalue weighted by molar-refractivity contribution is 7.89. The molecule has 0 saturated carbocycles.